The highest BCUT2D eigenvalue weighted by Crippen LogP contribution is 2.18. The van der Waals surface area contributed by atoms with Crippen LogP contribution in [0.15, 0.2) is 35.7 Å². The predicted octanol–water partition coefficient (Wildman–Crippen LogP) is 3.58. The van der Waals surface area contributed by atoms with Crippen molar-refractivity contribution in [2.24, 2.45) is 0 Å². The molecular weight excluding hydrogens is 322 g/mol. The first-order valence-electron chi connectivity index (χ1n) is 7.62. The summed E-state index contributed by atoms with van der Waals surface area (Å²) in [5, 5.41) is 12.7. The van der Waals surface area contributed by atoms with Crippen molar-refractivity contribution in [1.82, 2.24) is 20.1 Å². The number of hydrogen-bond acceptors (Lipinski definition) is 4. The maximum absolute atomic E-state index is 12.0. The third-order valence-electron chi connectivity index (χ3n) is 3.71. The maximum atomic E-state index is 12.0. The fourth-order valence-corrected chi connectivity index (χ4v) is 3.16. The van der Waals surface area contributed by atoms with Gasteiger partial charge in [-0.05, 0) is 32.9 Å². The molecule has 0 saturated heterocycles. The summed E-state index contributed by atoms with van der Waals surface area (Å²) in [7, 11) is 0. The van der Waals surface area contributed by atoms with Crippen LogP contribution in [0.4, 0.5) is 9.93 Å². The molecule has 0 unspecified atom stereocenters. The molecule has 0 bridgehead atoms. The second-order valence-corrected chi connectivity index (χ2v) is 6.36. The highest BCUT2D eigenvalue weighted by molar-refractivity contribution is 7.13. The van der Waals surface area contributed by atoms with Gasteiger partial charge in [-0.2, -0.15) is 5.10 Å². The van der Waals surface area contributed by atoms with Crippen molar-refractivity contribution in [2.75, 3.05) is 5.32 Å². The molecule has 2 amide bonds. The minimum Gasteiger partial charge on any atom is -0.334 e. The summed E-state index contributed by atoms with van der Waals surface area (Å²) < 4.78 is 1.90. The minimum atomic E-state index is -0.268. The van der Waals surface area contributed by atoms with Gasteiger partial charge in [-0.3, -0.25) is 5.32 Å². The third kappa shape index (κ3) is 3.46. The standard InChI is InChI=1S/C17H19N5OS/c1-11-10-24-17(19-11)20-16(23)18-9-15-12(2)21-22(13(15)3)14-7-5-4-6-8-14/h4-8,10H,9H2,1-3H3,(H2,18,19,20,23). The Hall–Kier alpha value is -2.67. The highest BCUT2D eigenvalue weighted by atomic mass is 32.1. The molecule has 3 rings (SSSR count). The molecule has 2 heterocycles. The van der Waals surface area contributed by atoms with Crippen molar-refractivity contribution in [3.05, 3.63) is 58.4 Å². The molecule has 0 aliphatic rings. The van der Waals surface area contributed by atoms with E-state index in [1.807, 2.05) is 61.2 Å². The molecule has 0 fully saturated rings. The van der Waals surface area contributed by atoms with E-state index in [-0.39, 0.29) is 6.03 Å². The summed E-state index contributed by atoms with van der Waals surface area (Å²) in [5.41, 5.74) is 4.84. The predicted molar refractivity (Wildman–Crippen MR) is 95.7 cm³/mol. The number of aromatic nitrogens is 3. The summed E-state index contributed by atoms with van der Waals surface area (Å²) in [4.78, 5) is 16.2. The molecule has 2 aromatic heterocycles. The van der Waals surface area contributed by atoms with Crippen LogP contribution in [0, 0.1) is 20.8 Å². The normalized spacial score (nSPS) is 10.6. The number of nitrogens with one attached hydrogen (secondary N) is 2. The van der Waals surface area contributed by atoms with Gasteiger partial charge < -0.3 is 5.32 Å². The summed E-state index contributed by atoms with van der Waals surface area (Å²) >= 11 is 1.41. The molecule has 2 N–H and O–H groups in total. The van der Waals surface area contributed by atoms with Crippen LogP contribution in [0.3, 0.4) is 0 Å². The number of carbonyl (C=O) groups excluding carboxylic acids is 1. The number of thiazole rings is 1. The quantitative estimate of drug-likeness (QED) is 0.762. The van der Waals surface area contributed by atoms with Crippen molar-refractivity contribution < 1.29 is 4.79 Å². The van der Waals surface area contributed by atoms with Crippen LogP contribution in [0.1, 0.15) is 22.6 Å². The number of benzene rings is 1. The highest BCUT2D eigenvalue weighted by Gasteiger charge is 2.14. The molecule has 1 aromatic carbocycles. The molecule has 0 atom stereocenters. The van der Waals surface area contributed by atoms with E-state index in [1.165, 1.54) is 11.3 Å². The first-order chi connectivity index (χ1) is 11.5. The number of urea groups is 1. The molecule has 24 heavy (non-hydrogen) atoms. The maximum Gasteiger partial charge on any atom is 0.321 e. The van der Waals surface area contributed by atoms with E-state index in [0.29, 0.717) is 11.7 Å². The lowest BCUT2D eigenvalue weighted by Crippen LogP contribution is -2.28. The van der Waals surface area contributed by atoms with Gasteiger partial charge >= 0.3 is 6.03 Å². The molecule has 124 valence electrons. The minimum absolute atomic E-state index is 0.268. The van der Waals surface area contributed by atoms with Gasteiger partial charge in [0.05, 0.1) is 17.1 Å². The summed E-state index contributed by atoms with van der Waals surface area (Å²) in [5.74, 6) is 0. The number of anilines is 1. The lowest BCUT2D eigenvalue weighted by atomic mass is 10.2. The third-order valence-corrected chi connectivity index (χ3v) is 4.58. The SMILES string of the molecule is Cc1csc(NC(=O)NCc2c(C)nn(-c3ccccc3)c2C)n1. The lowest BCUT2D eigenvalue weighted by molar-refractivity contribution is 0.251. The molecule has 0 saturated carbocycles. The zero-order valence-electron chi connectivity index (χ0n) is 13.8. The van der Waals surface area contributed by atoms with Gasteiger partial charge in [0.2, 0.25) is 0 Å². The topological polar surface area (TPSA) is 71.8 Å². The molecule has 0 spiro atoms. The van der Waals surface area contributed by atoms with Crippen LogP contribution in [-0.2, 0) is 6.54 Å². The van der Waals surface area contributed by atoms with Crippen LogP contribution >= 0.6 is 11.3 Å². The van der Waals surface area contributed by atoms with E-state index >= 15 is 0 Å². The smallest absolute Gasteiger partial charge is 0.321 e. The second kappa shape index (κ2) is 6.84. The van der Waals surface area contributed by atoms with Crippen LogP contribution in [0.2, 0.25) is 0 Å². The first kappa shape index (κ1) is 16.2. The Kier molecular flexibility index (Phi) is 4.61. The van der Waals surface area contributed by atoms with Gasteiger partial charge in [-0.15, -0.1) is 11.3 Å². The zero-order valence-corrected chi connectivity index (χ0v) is 14.6. The van der Waals surface area contributed by atoms with Crippen molar-refractivity contribution in [3.63, 3.8) is 0 Å². The molecule has 0 aliphatic heterocycles. The van der Waals surface area contributed by atoms with Gasteiger partial charge in [-0.25, -0.2) is 14.5 Å². The van der Waals surface area contributed by atoms with Gasteiger partial charge in [0.1, 0.15) is 0 Å². The van der Waals surface area contributed by atoms with Crippen molar-refractivity contribution in [1.29, 1.82) is 0 Å². The van der Waals surface area contributed by atoms with Gasteiger partial charge in [0.15, 0.2) is 5.13 Å². The molecule has 3 aromatic rings. The molecular formula is C17H19N5OS. The van der Waals surface area contributed by atoms with E-state index in [1.54, 1.807) is 0 Å². The number of aryl methyl sites for hydroxylation is 2. The van der Waals surface area contributed by atoms with Crippen LogP contribution in [-0.4, -0.2) is 20.8 Å². The Morgan fingerprint density at radius 2 is 1.96 bits per heavy atom. The molecule has 7 heteroatoms. The average molecular weight is 341 g/mol. The Labute approximate surface area is 144 Å². The monoisotopic (exact) mass is 341 g/mol. The molecule has 0 aliphatic carbocycles. The Morgan fingerprint density at radius 1 is 1.21 bits per heavy atom. The van der Waals surface area contributed by atoms with Crippen molar-refractivity contribution in [2.45, 2.75) is 27.3 Å². The Bertz CT molecular complexity index is 853. The number of carbonyl (C=O) groups is 1. The molecule has 0 radical (unpaired) electrons. The van der Waals surface area contributed by atoms with Crippen LogP contribution in [0.5, 0.6) is 0 Å². The number of amides is 2. The van der Waals surface area contributed by atoms with Gasteiger partial charge in [0, 0.05) is 23.2 Å². The first-order valence-corrected chi connectivity index (χ1v) is 8.50. The summed E-state index contributed by atoms with van der Waals surface area (Å²) in [6, 6.07) is 9.68. The van der Waals surface area contributed by atoms with Gasteiger partial charge in [-0.1, -0.05) is 18.2 Å². The average Bonchev–Trinajstić information content (AvgIpc) is 3.10. The van der Waals surface area contributed by atoms with E-state index in [2.05, 4.69) is 20.7 Å². The summed E-state index contributed by atoms with van der Waals surface area (Å²) in [6.45, 7) is 6.27. The van der Waals surface area contributed by atoms with Crippen LogP contribution in [0.25, 0.3) is 5.69 Å². The number of para-hydroxylation sites is 1. The van der Waals surface area contributed by atoms with Crippen LogP contribution < -0.4 is 10.6 Å². The van der Waals surface area contributed by atoms with E-state index in [4.69, 9.17) is 0 Å². The van der Waals surface area contributed by atoms with E-state index < -0.39 is 0 Å². The summed E-state index contributed by atoms with van der Waals surface area (Å²) in [6.07, 6.45) is 0. The lowest BCUT2D eigenvalue weighted by Gasteiger charge is -2.07. The van der Waals surface area contributed by atoms with E-state index in [9.17, 15) is 4.79 Å². The second-order valence-electron chi connectivity index (χ2n) is 5.50. The fraction of sp³-hybridized carbons (Fsp3) is 0.235. The zero-order chi connectivity index (χ0) is 17.1. The Morgan fingerprint density at radius 3 is 2.62 bits per heavy atom. The largest absolute Gasteiger partial charge is 0.334 e. The molecule has 6 nitrogen and oxygen atoms in total. The number of rotatable bonds is 4. The van der Waals surface area contributed by atoms with Crippen molar-refractivity contribution >= 4 is 22.5 Å². The van der Waals surface area contributed by atoms with Crippen molar-refractivity contribution in [3.8, 4) is 5.69 Å². The number of nitrogens with zero attached hydrogens (tertiary/aromatic N) is 3. The van der Waals surface area contributed by atoms with E-state index in [0.717, 1.165) is 28.3 Å². The van der Waals surface area contributed by atoms with Gasteiger partial charge in [0.25, 0.3) is 0 Å². The number of hydrogen-bond donors (Lipinski definition) is 2. The Balaban J connectivity index is 1.69. The fourth-order valence-electron chi connectivity index (χ4n) is 2.47.